The number of nitrogens with zero attached hydrogens (tertiary/aromatic N) is 2. The summed E-state index contributed by atoms with van der Waals surface area (Å²) < 4.78 is 0. The lowest BCUT2D eigenvalue weighted by Crippen LogP contribution is -2.63. The van der Waals surface area contributed by atoms with E-state index in [1.165, 1.54) is 11.0 Å². The molecule has 1 saturated carbocycles. The maximum atomic E-state index is 14.3. The summed E-state index contributed by atoms with van der Waals surface area (Å²) in [4.78, 5) is 84.1. The Morgan fingerprint density at radius 2 is 1.43 bits per heavy atom. The molecule has 4 N–H and O–H groups in total. The van der Waals surface area contributed by atoms with Crippen LogP contribution in [0.15, 0.2) is 12.7 Å². The van der Waals surface area contributed by atoms with Gasteiger partial charge in [0.25, 0.3) is 5.91 Å². The first-order chi connectivity index (χ1) is 21.8. The SMILES string of the molecule is C=CCNC(=O)C(=O)C(CCC)NC(=O)[C@@H]1[C@@H]2[C@H](CN1C(=O)[C@@H](NC(=O)N[C@H](C(=O)N1CCCCC1)C(C)(C)C)C(C)(C)C)C2(C)C. The molecule has 3 aliphatic rings. The fourth-order valence-corrected chi connectivity index (χ4v) is 7.10. The van der Waals surface area contributed by atoms with Crippen molar-refractivity contribution < 1.29 is 28.8 Å². The molecule has 6 amide bonds. The molecule has 47 heavy (non-hydrogen) atoms. The average molecular weight is 659 g/mol. The number of carbonyl (C=O) groups is 6. The van der Waals surface area contributed by atoms with E-state index in [0.717, 1.165) is 19.3 Å². The van der Waals surface area contributed by atoms with Crippen LogP contribution in [0.5, 0.6) is 0 Å². The van der Waals surface area contributed by atoms with Crippen LogP contribution in [0.1, 0.15) is 94.4 Å². The summed E-state index contributed by atoms with van der Waals surface area (Å²) >= 11 is 0. The standard InChI is InChI=1S/C35H58N6O6/c1-11-16-22(25(42)29(44)36-17-12-2)37-28(43)24-23-21(35(23,9)10)20-41(24)31(46)27(34(6,7)8)39-32(47)38-26(33(3,4)5)30(45)40-18-14-13-15-19-40/h12,21-24,26-27H,2,11,13-20H2,1,3-10H3,(H,36,44)(H,37,43)(H2,38,39,47)/t21-,22?,23-,24-,26+,27+/m0/s1. The summed E-state index contributed by atoms with van der Waals surface area (Å²) in [5.74, 6) is -2.66. The highest BCUT2D eigenvalue weighted by Crippen LogP contribution is 2.65. The average Bonchev–Trinajstić information content (AvgIpc) is 3.30. The zero-order valence-corrected chi connectivity index (χ0v) is 30.0. The number of urea groups is 1. The quantitative estimate of drug-likeness (QED) is 0.187. The Balaban J connectivity index is 1.82. The van der Waals surface area contributed by atoms with Gasteiger partial charge in [-0.3, -0.25) is 24.0 Å². The molecule has 3 rings (SSSR count). The number of rotatable bonds is 12. The van der Waals surface area contributed by atoms with Crippen molar-refractivity contribution in [2.45, 2.75) is 119 Å². The Bertz CT molecular complexity index is 1230. The highest BCUT2D eigenvalue weighted by molar-refractivity contribution is 6.38. The first kappa shape index (κ1) is 38.0. The highest BCUT2D eigenvalue weighted by Gasteiger charge is 2.70. The van der Waals surface area contributed by atoms with Gasteiger partial charge in [0, 0.05) is 26.2 Å². The normalized spacial score (nSPS) is 23.8. The molecule has 0 aromatic carbocycles. The molecular weight excluding hydrogens is 600 g/mol. The molecule has 0 aromatic heterocycles. The fraction of sp³-hybridized carbons (Fsp3) is 0.771. The maximum Gasteiger partial charge on any atom is 0.316 e. The predicted octanol–water partition coefficient (Wildman–Crippen LogP) is 2.77. The monoisotopic (exact) mass is 658 g/mol. The minimum absolute atomic E-state index is 0.0697. The lowest BCUT2D eigenvalue weighted by molar-refractivity contribution is -0.145. The molecule has 3 fully saturated rings. The number of likely N-dealkylation sites (tertiary alicyclic amines) is 2. The van der Waals surface area contributed by atoms with Crippen molar-refractivity contribution in [1.29, 1.82) is 0 Å². The Morgan fingerprint density at radius 3 is 1.94 bits per heavy atom. The van der Waals surface area contributed by atoms with E-state index in [9.17, 15) is 28.8 Å². The third kappa shape index (κ3) is 8.73. The summed E-state index contributed by atoms with van der Waals surface area (Å²) in [5, 5.41) is 11.0. The van der Waals surface area contributed by atoms with Gasteiger partial charge in [0.2, 0.25) is 23.5 Å². The summed E-state index contributed by atoms with van der Waals surface area (Å²) in [6.45, 7) is 22.5. The first-order valence-electron chi connectivity index (χ1n) is 17.2. The second-order valence-corrected chi connectivity index (χ2v) is 16.2. The molecule has 0 spiro atoms. The van der Waals surface area contributed by atoms with Crippen molar-refractivity contribution in [3.05, 3.63) is 12.7 Å². The smallest absolute Gasteiger partial charge is 0.316 e. The van der Waals surface area contributed by atoms with Gasteiger partial charge < -0.3 is 31.1 Å². The molecule has 0 aromatic rings. The molecule has 0 bridgehead atoms. The zero-order valence-electron chi connectivity index (χ0n) is 30.0. The Morgan fingerprint density at radius 1 is 0.872 bits per heavy atom. The van der Waals surface area contributed by atoms with E-state index in [0.29, 0.717) is 26.1 Å². The predicted molar refractivity (Wildman–Crippen MR) is 180 cm³/mol. The van der Waals surface area contributed by atoms with Crippen molar-refractivity contribution in [2.24, 2.45) is 28.1 Å². The van der Waals surface area contributed by atoms with Crippen LogP contribution in [0.4, 0.5) is 4.79 Å². The van der Waals surface area contributed by atoms with Crippen LogP contribution in [0, 0.1) is 28.1 Å². The van der Waals surface area contributed by atoms with E-state index in [4.69, 9.17) is 0 Å². The molecule has 12 nitrogen and oxygen atoms in total. The van der Waals surface area contributed by atoms with Gasteiger partial charge in [0.15, 0.2) is 0 Å². The number of hydrogen-bond donors (Lipinski definition) is 4. The number of ketones is 1. The van der Waals surface area contributed by atoms with Gasteiger partial charge in [-0.25, -0.2) is 4.79 Å². The number of hydrogen-bond acceptors (Lipinski definition) is 6. The van der Waals surface area contributed by atoms with Crippen LogP contribution in [-0.2, 0) is 24.0 Å². The number of fused-ring (bicyclic) bond motifs is 1. The largest absolute Gasteiger partial charge is 0.346 e. The van der Waals surface area contributed by atoms with Gasteiger partial charge in [0.1, 0.15) is 18.1 Å². The Hall–Kier alpha value is -3.44. The lowest BCUT2D eigenvalue weighted by Gasteiger charge is -2.39. The molecule has 1 aliphatic carbocycles. The summed E-state index contributed by atoms with van der Waals surface area (Å²) in [7, 11) is 0. The highest BCUT2D eigenvalue weighted by atomic mass is 16.2. The molecule has 2 saturated heterocycles. The molecule has 2 heterocycles. The summed E-state index contributed by atoms with van der Waals surface area (Å²) in [6, 6.07) is -4.35. The number of amides is 6. The summed E-state index contributed by atoms with van der Waals surface area (Å²) in [6.07, 6.45) is 5.20. The molecule has 2 aliphatic heterocycles. The third-order valence-corrected chi connectivity index (χ3v) is 10.0. The maximum absolute atomic E-state index is 14.3. The van der Waals surface area contributed by atoms with Crippen molar-refractivity contribution in [1.82, 2.24) is 31.1 Å². The molecule has 0 radical (unpaired) electrons. The van der Waals surface area contributed by atoms with Crippen molar-refractivity contribution in [2.75, 3.05) is 26.2 Å². The molecule has 12 heteroatoms. The first-order valence-corrected chi connectivity index (χ1v) is 17.2. The van der Waals surface area contributed by atoms with E-state index in [2.05, 4.69) is 41.7 Å². The van der Waals surface area contributed by atoms with Crippen LogP contribution in [0.2, 0.25) is 0 Å². The topological polar surface area (TPSA) is 157 Å². The van der Waals surface area contributed by atoms with Crippen LogP contribution >= 0.6 is 0 Å². The van der Waals surface area contributed by atoms with Gasteiger partial charge in [-0.15, -0.1) is 6.58 Å². The van der Waals surface area contributed by atoms with Crippen molar-refractivity contribution >= 4 is 35.4 Å². The van der Waals surface area contributed by atoms with E-state index in [-0.39, 0.29) is 36.1 Å². The number of nitrogens with one attached hydrogen (secondary N) is 4. The van der Waals surface area contributed by atoms with E-state index in [1.807, 2.05) is 48.5 Å². The minimum atomic E-state index is -1.04. The van der Waals surface area contributed by atoms with Crippen LogP contribution < -0.4 is 21.3 Å². The van der Waals surface area contributed by atoms with Crippen LogP contribution in [0.3, 0.4) is 0 Å². The van der Waals surface area contributed by atoms with Gasteiger partial charge in [-0.2, -0.15) is 0 Å². The molecule has 264 valence electrons. The van der Waals surface area contributed by atoms with Gasteiger partial charge in [-0.1, -0.05) is 74.8 Å². The number of Topliss-reactive ketones (excluding diaryl/α,β-unsaturated/α-hetero) is 1. The number of carbonyl (C=O) groups excluding carboxylic acids is 6. The molecular formula is C35H58N6O6. The van der Waals surface area contributed by atoms with Gasteiger partial charge in [-0.05, 0) is 53.8 Å². The lowest BCUT2D eigenvalue weighted by atomic mass is 9.84. The summed E-state index contributed by atoms with van der Waals surface area (Å²) in [5.41, 5.74) is -1.51. The second-order valence-electron chi connectivity index (χ2n) is 16.2. The van der Waals surface area contributed by atoms with Gasteiger partial charge in [0.05, 0.1) is 6.04 Å². The van der Waals surface area contributed by atoms with E-state index >= 15 is 0 Å². The zero-order chi connectivity index (χ0) is 35.5. The Labute approximate surface area is 280 Å². The number of piperidine rings is 2. The van der Waals surface area contributed by atoms with Crippen LogP contribution in [-0.4, -0.2) is 95.6 Å². The van der Waals surface area contributed by atoms with Gasteiger partial charge >= 0.3 is 6.03 Å². The molecule has 1 unspecified atom stereocenters. The second kappa shape index (κ2) is 14.8. The molecule has 6 atom stereocenters. The van der Waals surface area contributed by atoms with Crippen LogP contribution in [0.25, 0.3) is 0 Å². The van der Waals surface area contributed by atoms with Crippen molar-refractivity contribution in [3.8, 4) is 0 Å². The fourth-order valence-electron chi connectivity index (χ4n) is 7.10. The van der Waals surface area contributed by atoms with E-state index in [1.54, 1.807) is 4.90 Å². The minimum Gasteiger partial charge on any atom is -0.346 e. The third-order valence-electron chi connectivity index (χ3n) is 10.0. The van der Waals surface area contributed by atoms with E-state index < -0.39 is 64.5 Å². The van der Waals surface area contributed by atoms with Crippen molar-refractivity contribution in [3.63, 3.8) is 0 Å². The Kier molecular flexibility index (Phi) is 11.9.